The maximum atomic E-state index is 4.78. The van der Waals surface area contributed by atoms with Crippen LogP contribution in [0.15, 0.2) is 30.5 Å². The highest BCUT2D eigenvalue weighted by molar-refractivity contribution is 5.55. The van der Waals surface area contributed by atoms with Crippen molar-refractivity contribution in [2.75, 3.05) is 0 Å². The Morgan fingerprint density at radius 2 is 1.30 bits per heavy atom. The molecule has 0 saturated heterocycles. The molecule has 0 radical (unpaired) electrons. The van der Waals surface area contributed by atoms with Crippen LogP contribution < -0.4 is 0 Å². The molecule has 0 N–H and O–H groups in total. The van der Waals surface area contributed by atoms with Crippen LogP contribution in [0.4, 0.5) is 0 Å². The second kappa shape index (κ2) is 12.6. The minimum absolute atomic E-state index is 0.857. The number of rotatable bonds is 13. The van der Waals surface area contributed by atoms with Gasteiger partial charge >= 0.3 is 0 Å². The van der Waals surface area contributed by atoms with Gasteiger partial charge in [-0.3, -0.25) is 0 Å². The van der Waals surface area contributed by atoms with Gasteiger partial charge in [0.25, 0.3) is 0 Å². The molecule has 1 heterocycles. The van der Waals surface area contributed by atoms with Crippen LogP contribution in [0.2, 0.25) is 0 Å². The highest BCUT2D eigenvalue weighted by Crippen LogP contribution is 2.19. The predicted molar refractivity (Wildman–Crippen MR) is 117 cm³/mol. The molecule has 0 spiro atoms. The minimum Gasteiger partial charge on any atom is -0.236 e. The zero-order valence-electron chi connectivity index (χ0n) is 17.8. The van der Waals surface area contributed by atoms with Gasteiger partial charge in [0.05, 0.1) is 0 Å². The minimum atomic E-state index is 0.857. The highest BCUT2D eigenvalue weighted by Gasteiger charge is 2.06. The van der Waals surface area contributed by atoms with Crippen LogP contribution in [-0.4, -0.2) is 9.97 Å². The van der Waals surface area contributed by atoms with E-state index in [2.05, 4.69) is 50.0 Å². The molecule has 1 aromatic carbocycles. The molecular weight excluding hydrogens is 328 g/mol. The largest absolute Gasteiger partial charge is 0.236 e. The number of hydrogen-bond donors (Lipinski definition) is 0. The Bertz CT molecular complexity index is 646. The molecular formula is C25H38N2. The first-order valence-corrected chi connectivity index (χ1v) is 11.2. The third kappa shape index (κ3) is 7.82. The molecule has 0 amide bonds. The first-order chi connectivity index (χ1) is 13.2. The van der Waals surface area contributed by atoms with Crippen LogP contribution in [0.25, 0.3) is 11.4 Å². The van der Waals surface area contributed by atoms with Crippen LogP contribution in [-0.2, 0) is 12.8 Å². The van der Waals surface area contributed by atoms with E-state index in [1.54, 1.807) is 0 Å². The van der Waals surface area contributed by atoms with Crippen molar-refractivity contribution in [3.8, 4) is 11.4 Å². The number of hydrogen-bond acceptors (Lipinski definition) is 2. The molecule has 0 saturated carbocycles. The van der Waals surface area contributed by atoms with Crippen molar-refractivity contribution >= 4 is 0 Å². The average molecular weight is 367 g/mol. The number of unbranched alkanes of at least 4 members (excludes halogenated alkanes) is 8. The van der Waals surface area contributed by atoms with E-state index < -0.39 is 0 Å². The molecule has 0 fully saturated rings. The second-order valence-corrected chi connectivity index (χ2v) is 7.83. The number of aromatic nitrogens is 2. The van der Waals surface area contributed by atoms with E-state index >= 15 is 0 Å². The van der Waals surface area contributed by atoms with Crippen molar-refractivity contribution in [2.45, 2.75) is 97.8 Å². The van der Waals surface area contributed by atoms with Gasteiger partial charge in [-0.15, -0.1) is 0 Å². The maximum absolute atomic E-state index is 4.78. The van der Waals surface area contributed by atoms with E-state index in [1.807, 2.05) is 6.20 Å². The van der Waals surface area contributed by atoms with E-state index in [0.29, 0.717) is 0 Å². The van der Waals surface area contributed by atoms with E-state index in [0.717, 1.165) is 23.5 Å². The molecule has 2 heteroatoms. The second-order valence-electron chi connectivity index (χ2n) is 7.83. The zero-order chi connectivity index (χ0) is 19.3. The van der Waals surface area contributed by atoms with Gasteiger partial charge in [-0.2, -0.15) is 0 Å². The van der Waals surface area contributed by atoms with Crippen molar-refractivity contribution < 1.29 is 0 Å². The topological polar surface area (TPSA) is 25.8 Å². The maximum Gasteiger partial charge on any atom is 0.159 e. The SMILES string of the molecule is CCCCCCCCCc1cnc(-c2ccc(CCCCC)cc2)nc1C. The lowest BCUT2D eigenvalue weighted by Gasteiger charge is -2.08. The fraction of sp³-hybridized carbons (Fsp3) is 0.600. The van der Waals surface area contributed by atoms with Gasteiger partial charge in [0.2, 0.25) is 0 Å². The van der Waals surface area contributed by atoms with Crippen LogP contribution in [0.1, 0.15) is 94.9 Å². The molecule has 148 valence electrons. The number of aryl methyl sites for hydroxylation is 3. The highest BCUT2D eigenvalue weighted by atomic mass is 14.9. The van der Waals surface area contributed by atoms with Crippen molar-refractivity contribution in [3.63, 3.8) is 0 Å². The van der Waals surface area contributed by atoms with Crippen molar-refractivity contribution in [3.05, 3.63) is 47.3 Å². The molecule has 2 nitrogen and oxygen atoms in total. The van der Waals surface area contributed by atoms with E-state index in [4.69, 9.17) is 4.98 Å². The molecule has 0 unspecified atom stereocenters. The van der Waals surface area contributed by atoms with Crippen LogP contribution >= 0.6 is 0 Å². The van der Waals surface area contributed by atoms with E-state index in [9.17, 15) is 0 Å². The summed E-state index contributed by atoms with van der Waals surface area (Å²) in [4.78, 5) is 9.42. The van der Waals surface area contributed by atoms with Gasteiger partial charge in [-0.05, 0) is 43.7 Å². The molecule has 0 aliphatic heterocycles. The number of nitrogens with zero attached hydrogens (tertiary/aromatic N) is 2. The molecule has 0 aliphatic carbocycles. The summed E-state index contributed by atoms with van der Waals surface area (Å²) in [7, 11) is 0. The number of benzene rings is 1. The summed E-state index contributed by atoms with van der Waals surface area (Å²) in [6, 6.07) is 8.81. The fourth-order valence-corrected chi connectivity index (χ4v) is 3.55. The van der Waals surface area contributed by atoms with E-state index in [1.165, 1.54) is 81.8 Å². The summed E-state index contributed by atoms with van der Waals surface area (Å²) in [6.45, 7) is 6.65. The van der Waals surface area contributed by atoms with Gasteiger partial charge in [-0.25, -0.2) is 9.97 Å². The Kier molecular flexibility index (Phi) is 10.1. The van der Waals surface area contributed by atoms with Crippen molar-refractivity contribution in [1.82, 2.24) is 9.97 Å². The summed E-state index contributed by atoms with van der Waals surface area (Å²) < 4.78 is 0. The third-order valence-corrected chi connectivity index (χ3v) is 5.41. The average Bonchev–Trinajstić information content (AvgIpc) is 2.69. The third-order valence-electron chi connectivity index (χ3n) is 5.41. The van der Waals surface area contributed by atoms with Crippen molar-refractivity contribution in [2.24, 2.45) is 0 Å². The molecule has 0 atom stereocenters. The molecule has 2 aromatic rings. The van der Waals surface area contributed by atoms with Gasteiger partial charge in [0.1, 0.15) is 0 Å². The molecule has 0 bridgehead atoms. The summed E-state index contributed by atoms with van der Waals surface area (Å²) in [6.07, 6.45) is 17.6. The van der Waals surface area contributed by atoms with Gasteiger partial charge in [0, 0.05) is 17.5 Å². The van der Waals surface area contributed by atoms with E-state index in [-0.39, 0.29) is 0 Å². The van der Waals surface area contributed by atoms with Crippen LogP contribution in [0.3, 0.4) is 0 Å². The Morgan fingerprint density at radius 1 is 0.704 bits per heavy atom. The molecule has 0 aliphatic rings. The summed E-state index contributed by atoms with van der Waals surface area (Å²) in [5.41, 5.74) is 4.99. The first-order valence-electron chi connectivity index (χ1n) is 11.2. The standard InChI is InChI=1S/C25H38N2/c1-4-6-8-9-10-11-13-15-24-20-26-25(27-21(24)3)23-18-16-22(17-19-23)14-12-7-5-2/h16-20H,4-15H2,1-3H3. The van der Waals surface area contributed by atoms with Crippen LogP contribution in [0, 0.1) is 6.92 Å². The molecule has 27 heavy (non-hydrogen) atoms. The fourth-order valence-electron chi connectivity index (χ4n) is 3.55. The lowest BCUT2D eigenvalue weighted by atomic mass is 10.0. The normalized spacial score (nSPS) is 11.1. The van der Waals surface area contributed by atoms with Crippen LogP contribution in [0.5, 0.6) is 0 Å². The predicted octanol–water partition coefficient (Wildman–Crippen LogP) is 7.48. The van der Waals surface area contributed by atoms with Gasteiger partial charge in [0.15, 0.2) is 5.82 Å². The van der Waals surface area contributed by atoms with Gasteiger partial charge < -0.3 is 0 Å². The zero-order valence-corrected chi connectivity index (χ0v) is 17.8. The molecule has 2 rings (SSSR count). The van der Waals surface area contributed by atoms with Gasteiger partial charge in [-0.1, -0.05) is 89.5 Å². The van der Waals surface area contributed by atoms with Crippen molar-refractivity contribution in [1.29, 1.82) is 0 Å². The monoisotopic (exact) mass is 366 g/mol. The summed E-state index contributed by atoms with van der Waals surface area (Å²) >= 11 is 0. The Morgan fingerprint density at radius 3 is 1.96 bits per heavy atom. The first kappa shape index (κ1) is 21.6. The Hall–Kier alpha value is -1.70. The summed E-state index contributed by atoms with van der Waals surface area (Å²) in [5, 5.41) is 0. The lowest BCUT2D eigenvalue weighted by molar-refractivity contribution is 0.588. The Balaban J connectivity index is 1.83. The lowest BCUT2D eigenvalue weighted by Crippen LogP contribution is -1.98. The summed E-state index contributed by atoms with van der Waals surface area (Å²) in [5.74, 6) is 0.857. The Labute approximate surface area is 166 Å². The quantitative estimate of drug-likeness (QED) is 0.343. The smallest absolute Gasteiger partial charge is 0.159 e. The molecule has 1 aromatic heterocycles.